The van der Waals surface area contributed by atoms with Gasteiger partial charge in [-0.15, -0.1) is 0 Å². The van der Waals surface area contributed by atoms with Crippen molar-refractivity contribution in [1.29, 1.82) is 0 Å². The van der Waals surface area contributed by atoms with Gasteiger partial charge in [-0.1, -0.05) is 65.2 Å². The molecule has 5 aromatic carbocycles. The Labute approximate surface area is 246 Å². The summed E-state index contributed by atoms with van der Waals surface area (Å²) >= 11 is 0. The van der Waals surface area contributed by atoms with Crippen molar-refractivity contribution in [1.82, 2.24) is 0 Å². The van der Waals surface area contributed by atoms with E-state index >= 15 is 0 Å². The van der Waals surface area contributed by atoms with Gasteiger partial charge in [0.1, 0.15) is 0 Å². The van der Waals surface area contributed by atoms with Crippen LogP contribution in [0.1, 0.15) is 23.6 Å². The van der Waals surface area contributed by atoms with Crippen LogP contribution in [0.3, 0.4) is 0 Å². The first-order chi connectivity index (χ1) is 19.7. The van der Waals surface area contributed by atoms with Gasteiger partial charge in [0.2, 0.25) is 8.32 Å². The zero-order valence-corrected chi connectivity index (χ0v) is 26.1. The van der Waals surface area contributed by atoms with Crippen molar-refractivity contribution >= 4 is 47.6 Å². The Morgan fingerprint density at radius 2 is 0.683 bits per heavy atom. The van der Waals surface area contributed by atoms with Crippen molar-refractivity contribution in [3.8, 4) is 0 Å². The van der Waals surface area contributed by atoms with Gasteiger partial charge < -0.3 is 14.2 Å². The van der Waals surface area contributed by atoms with Gasteiger partial charge in [0.25, 0.3) is 0 Å². The highest BCUT2D eigenvalue weighted by molar-refractivity contribution is 6.84. The lowest BCUT2D eigenvalue weighted by molar-refractivity contribution is 0.339. The third kappa shape index (κ3) is 6.45. The van der Waals surface area contributed by atoms with Gasteiger partial charge in [0, 0.05) is 40.7 Å². The van der Waals surface area contributed by atoms with Gasteiger partial charge in [-0.05, 0) is 119 Å². The van der Waals surface area contributed by atoms with Crippen molar-refractivity contribution in [3.63, 3.8) is 0 Å². The standard InChI is InChI=1S/C37H40N2OSi/c1-7-40-41(5,6)37-26-24-36(25-27-37)39(33-18-12-30(4)13-19-33)35-22-20-34(21-23-35)38(31-14-8-28(2)9-15-31)32-16-10-29(3)11-17-32/h8-27H,7H2,1-6H3. The number of rotatable bonds is 9. The molecule has 0 bridgehead atoms. The van der Waals surface area contributed by atoms with Crippen LogP contribution < -0.4 is 15.0 Å². The quantitative estimate of drug-likeness (QED) is 0.168. The van der Waals surface area contributed by atoms with Crippen LogP contribution in [-0.4, -0.2) is 14.9 Å². The van der Waals surface area contributed by atoms with E-state index in [1.54, 1.807) is 0 Å². The van der Waals surface area contributed by atoms with Gasteiger partial charge >= 0.3 is 0 Å². The lowest BCUT2D eigenvalue weighted by Crippen LogP contribution is -2.44. The number of anilines is 6. The van der Waals surface area contributed by atoms with E-state index in [2.05, 4.69) is 172 Å². The van der Waals surface area contributed by atoms with Crippen LogP contribution >= 0.6 is 0 Å². The molecule has 0 amide bonds. The maximum Gasteiger partial charge on any atom is 0.218 e. The van der Waals surface area contributed by atoms with Crippen molar-refractivity contribution in [2.24, 2.45) is 0 Å². The van der Waals surface area contributed by atoms with E-state index in [0.717, 1.165) is 40.7 Å². The van der Waals surface area contributed by atoms with Crippen LogP contribution in [0.25, 0.3) is 0 Å². The Morgan fingerprint density at radius 3 is 0.951 bits per heavy atom. The molecule has 0 aromatic heterocycles. The summed E-state index contributed by atoms with van der Waals surface area (Å²) < 4.78 is 6.14. The zero-order chi connectivity index (χ0) is 29.0. The summed E-state index contributed by atoms with van der Waals surface area (Å²) in [5.74, 6) is 0. The molecule has 41 heavy (non-hydrogen) atoms. The van der Waals surface area contributed by atoms with Gasteiger partial charge in [-0.3, -0.25) is 0 Å². The summed E-state index contributed by atoms with van der Waals surface area (Å²) in [4.78, 5) is 4.64. The first-order valence-corrected chi connectivity index (χ1v) is 17.3. The Bertz CT molecular complexity index is 1510. The largest absolute Gasteiger partial charge is 0.413 e. The molecule has 5 aromatic rings. The molecule has 0 fully saturated rings. The second-order valence-electron chi connectivity index (χ2n) is 11.2. The summed E-state index contributed by atoms with van der Waals surface area (Å²) in [5.41, 5.74) is 10.5. The monoisotopic (exact) mass is 556 g/mol. The maximum atomic E-state index is 6.14. The minimum absolute atomic E-state index is 0.741. The van der Waals surface area contributed by atoms with E-state index in [-0.39, 0.29) is 0 Å². The Morgan fingerprint density at radius 1 is 0.439 bits per heavy atom. The highest BCUT2D eigenvalue weighted by Crippen LogP contribution is 2.39. The Kier molecular flexibility index (Phi) is 8.43. The van der Waals surface area contributed by atoms with Crippen LogP contribution in [-0.2, 0) is 4.43 Å². The van der Waals surface area contributed by atoms with Crippen LogP contribution in [0.15, 0.2) is 121 Å². The molecule has 0 radical (unpaired) electrons. The fourth-order valence-corrected chi connectivity index (χ4v) is 7.04. The molecule has 0 atom stereocenters. The molecular weight excluding hydrogens is 517 g/mol. The number of hydrogen-bond acceptors (Lipinski definition) is 3. The molecule has 5 rings (SSSR count). The first kappa shape index (κ1) is 28.4. The van der Waals surface area contributed by atoms with E-state index in [4.69, 9.17) is 4.43 Å². The van der Waals surface area contributed by atoms with Gasteiger partial charge in [-0.25, -0.2) is 0 Å². The molecule has 0 saturated heterocycles. The molecule has 0 aliphatic rings. The smallest absolute Gasteiger partial charge is 0.218 e. The Hall–Kier alpha value is -4.12. The number of nitrogens with zero attached hydrogens (tertiary/aromatic N) is 2. The van der Waals surface area contributed by atoms with Crippen LogP contribution in [0.5, 0.6) is 0 Å². The fraction of sp³-hybridized carbons (Fsp3) is 0.189. The average molecular weight is 557 g/mol. The molecule has 0 heterocycles. The molecule has 0 saturated carbocycles. The van der Waals surface area contributed by atoms with Crippen LogP contribution in [0.4, 0.5) is 34.1 Å². The molecule has 3 nitrogen and oxygen atoms in total. The van der Waals surface area contributed by atoms with Crippen LogP contribution in [0, 0.1) is 20.8 Å². The predicted molar refractivity (Wildman–Crippen MR) is 179 cm³/mol. The molecule has 208 valence electrons. The molecule has 0 aliphatic heterocycles. The summed E-state index contributed by atoms with van der Waals surface area (Å²) in [6, 6.07) is 44.0. The zero-order valence-electron chi connectivity index (χ0n) is 25.1. The number of hydrogen-bond donors (Lipinski definition) is 0. The molecule has 0 spiro atoms. The molecule has 0 N–H and O–H groups in total. The van der Waals surface area contributed by atoms with E-state index in [1.165, 1.54) is 21.9 Å². The lowest BCUT2D eigenvalue weighted by Gasteiger charge is -2.29. The van der Waals surface area contributed by atoms with Crippen molar-refractivity contribution in [2.45, 2.75) is 40.8 Å². The lowest BCUT2D eigenvalue weighted by atomic mass is 10.1. The Balaban J connectivity index is 1.55. The number of benzene rings is 5. The molecular formula is C37H40N2OSi. The van der Waals surface area contributed by atoms with Gasteiger partial charge in [0.05, 0.1) is 0 Å². The van der Waals surface area contributed by atoms with E-state index in [9.17, 15) is 0 Å². The normalized spacial score (nSPS) is 11.4. The van der Waals surface area contributed by atoms with Crippen LogP contribution in [0.2, 0.25) is 13.1 Å². The second-order valence-corrected chi connectivity index (χ2v) is 15.1. The highest BCUT2D eigenvalue weighted by Gasteiger charge is 2.25. The number of aryl methyl sites for hydroxylation is 3. The van der Waals surface area contributed by atoms with Gasteiger partial charge in [-0.2, -0.15) is 0 Å². The van der Waals surface area contributed by atoms with Crippen molar-refractivity contribution < 1.29 is 4.43 Å². The summed E-state index contributed by atoms with van der Waals surface area (Å²) in [7, 11) is -1.92. The van der Waals surface area contributed by atoms with Crippen molar-refractivity contribution in [2.75, 3.05) is 16.4 Å². The maximum absolute atomic E-state index is 6.14. The average Bonchev–Trinajstić information content (AvgIpc) is 2.97. The second kappa shape index (κ2) is 12.2. The predicted octanol–water partition coefficient (Wildman–Crippen LogP) is 10.0. The molecule has 0 unspecified atom stereocenters. The fourth-order valence-electron chi connectivity index (χ4n) is 5.18. The minimum atomic E-state index is -1.92. The molecule has 4 heteroatoms. The SMILES string of the molecule is CCO[Si](C)(C)c1ccc(N(c2ccc(C)cc2)c2ccc(N(c3ccc(C)cc3)c3ccc(C)cc3)cc2)cc1. The minimum Gasteiger partial charge on any atom is -0.413 e. The molecule has 0 aliphatic carbocycles. The van der Waals surface area contributed by atoms with E-state index in [1.807, 2.05) is 0 Å². The summed E-state index contributed by atoms with van der Waals surface area (Å²) in [6.07, 6.45) is 0. The third-order valence-corrected chi connectivity index (χ3v) is 10.3. The highest BCUT2D eigenvalue weighted by atomic mass is 28.4. The first-order valence-electron chi connectivity index (χ1n) is 14.4. The van der Waals surface area contributed by atoms with E-state index in [0.29, 0.717) is 0 Å². The van der Waals surface area contributed by atoms with E-state index < -0.39 is 8.32 Å². The summed E-state index contributed by atoms with van der Waals surface area (Å²) in [6.45, 7) is 13.7. The van der Waals surface area contributed by atoms with Crippen molar-refractivity contribution in [3.05, 3.63) is 138 Å². The summed E-state index contributed by atoms with van der Waals surface area (Å²) in [5, 5.41) is 1.30. The van der Waals surface area contributed by atoms with Gasteiger partial charge in [0.15, 0.2) is 0 Å². The third-order valence-electron chi connectivity index (χ3n) is 7.57. The topological polar surface area (TPSA) is 15.7 Å².